The zero-order valence-electron chi connectivity index (χ0n) is 13.1. The summed E-state index contributed by atoms with van der Waals surface area (Å²) < 4.78 is 0. The standard InChI is InChI=1S/2C7H14O2P.Fe/c2*1-4-6(8)7(9)5(2)10(4)3;/h2*4-9H,3H2,1-2H3;/q2*-1;+2/t2*4-,5-,6+,7+;/m00./s1. The summed E-state index contributed by atoms with van der Waals surface area (Å²) in [6, 6.07) is 0. The first-order valence-corrected chi connectivity index (χ1v) is 10.3. The van der Waals surface area contributed by atoms with Crippen LogP contribution in [0.1, 0.15) is 27.7 Å². The maximum absolute atomic E-state index is 9.33. The molecule has 7 heteroatoms. The second-order valence-corrected chi connectivity index (χ2v) is 11.3. The first-order valence-electron chi connectivity index (χ1n) is 7.01. The molecule has 0 saturated carbocycles. The average molecular weight is 378 g/mol. The van der Waals surface area contributed by atoms with Gasteiger partial charge in [0.05, 0.1) is 24.4 Å². The van der Waals surface area contributed by atoms with Crippen LogP contribution in [0.4, 0.5) is 0 Å². The predicted molar refractivity (Wildman–Crippen MR) is 86.4 cm³/mol. The minimum atomic E-state index is -0.543. The second-order valence-electron chi connectivity index (χ2n) is 5.95. The average Bonchev–Trinajstić information content (AvgIpc) is 2.71. The van der Waals surface area contributed by atoms with E-state index in [4.69, 9.17) is 0 Å². The van der Waals surface area contributed by atoms with E-state index in [0.717, 1.165) is 0 Å². The molecule has 0 aromatic heterocycles. The van der Waals surface area contributed by atoms with Gasteiger partial charge < -0.3 is 33.8 Å². The zero-order chi connectivity index (χ0) is 15.8. The molecule has 2 heterocycles. The molecule has 126 valence electrons. The summed E-state index contributed by atoms with van der Waals surface area (Å²) in [5.41, 5.74) is 0.778. The van der Waals surface area contributed by atoms with Crippen LogP contribution in [0.2, 0.25) is 0 Å². The molecule has 2 aliphatic heterocycles. The van der Waals surface area contributed by atoms with E-state index in [2.05, 4.69) is 13.3 Å². The van der Waals surface area contributed by atoms with Gasteiger partial charge in [-0.2, -0.15) is 0 Å². The molecule has 2 rings (SSSR count). The van der Waals surface area contributed by atoms with Crippen molar-refractivity contribution in [3.8, 4) is 0 Å². The van der Waals surface area contributed by atoms with Gasteiger partial charge >= 0.3 is 17.1 Å². The fraction of sp³-hybridized carbons (Fsp3) is 0.857. The third-order valence-electron chi connectivity index (χ3n) is 4.77. The molecule has 0 spiro atoms. The van der Waals surface area contributed by atoms with E-state index in [1.165, 1.54) is 0 Å². The number of hydrogen-bond donors (Lipinski definition) is 4. The van der Waals surface area contributed by atoms with E-state index >= 15 is 0 Å². The van der Waals surface area contributed by atoms with Crippen LogP contribution < -0.4 is 0 Å². The Bertz CT molecular complexity index is 204. The Morgan fingerprint density at radius 2 is 0.714 bits per heavy atom. The molecule has 0 aliphatic carbocycles. The largest absolute Gasteiger partial charge is 2.00 e. The Morgan fingerprint density at radius 3 is 0.762 bits per heavy atom. The van der Waals surface area contributed by atoms with Gasteiger partial charge in [0, 0.05) is 0 Å². The van der Waals surface area contributed by atoms with Crippen molar-refractivity contribution in [1.82, 2.24) is 0 Å². The van der Waals surface area contributed by atoms with E-state index in [0.29, 0.717) is 0 Å². The molecule has 0 unspecified atom stereocenters. The smallest absolute Gasteiger partial charge is 0.390 e. The summed E-state index contributed by atoms with van der Waals surface area (Å²) in [4.78, 5) is 0. The Labute approximate surface area is 141 Å². The van der Waals surface area contributed by atoms with Crippen molar-refractivity contribution < 1.29 is 37.5 Å². The minimum absolute atomic E-state index is 0. The van der Waals surface area contributed by atoms with E-state index in [1.54, 1.807) is 0 Å². The van der Waals surface area contributed by atoms with Crippen LogP contribution in [0.3, 0.4) is 0 Å². The molecule has 0 radical (unpaired) electrons. The first-order chi connectivity index (χ1) is 9.11. The molecule has 0 aromatic carbocycles. The molecule has 2 aliphatic rings. The molecule has 2 fully saturated rings. The fourth-order valence-electron chi connectivity index (χ4n) is 2.67. The maximum atomic E-state index is 9.33. The van der Waals surface area contributed by atoms with Crippen LogP contribution in [-0.2, 0) is 17.1 Å². The third kappa shape index (κ3) is 4.61. The Hall–Kier alpha value is 1.22. The summed E-state index contributed by atoms with van der Waals surface area (Å²) in [5, 5.41) is 37.3. The molecule has 0 aromatic rings. The van der Waals surface area contributed by atoms with Gasteiger partial charge in [-0.25, -0.2) is 0 Å². The Morgan fingerprint density at radius 1 is 0.571 bits per heavy atom. The van der Waals surface area contributed by atoms with E-state index < -0.39 is 40.3 Å². The predicted octanol–water partition coefficient (Wildman–Crippen LogP) is 1.54. The van der Waals surface area contributed by atoms with E-state index in [-0.39, 0.29) is 39.7 Å². The van der Waals surface area contributed by atoms with Crippen molar-refractivity contribution in [3.63, 3.8) is 0 Å². The molecule has 4 nitrogen and oxygen atoms in total. The van der Waals surface area contributed by atoms with Gasteiger partial charge in [-0.1, -0.05) is 27.7 Å². The summed E-state index contributed by atoms with van der Waals surface area (Å²) in [6.07, 6.45) is -2.17. The van der Waals surface area contributed by atoms with Crippen LogP contribution in [0, 0.1) is 13.3 Å². The van der Waals surface area contributed by atoms with E-state index in [1.807, 2.05) is 27.7 Å². The fourth-order valence-corrected chi connectivity index (χ4v) is 6.43. The maximum Gasteiger partial charge on any atom is 2.00 e. The van der Waals surface area contributed by atoms with Crippen LogP contribution in [-0.4, -0.2) is 67.5 Å². The molecular formula is C14H28FeO4P2. The van der Waals surface area contributed by atoms with Crippen molar-refractivity contribution in [1.29, 1.82) is 0 Å². The van der Waals surface area contributed by atoms with Crippen LogP contribution in [0.5, 0.6) is 0 Å². The van der Waals surface area contributed by atoms with Gasteiger partial charge in [0.1, 0.15) is 0 Å². The van der Waals surface area contributed by atoms with Gasteiger partial charge in [-0.15, -0.1) is 0 Å². The number of aliphatic hydroxyl groups excluding tert-OH is 4. The summed E-state index contributed by atoms with van der Waals surface area (Å²) >= 11 is 0. The van der Waals surface area contributed by atoms with Crippen LogP contribution in [0.25, 0.3) is 0 Å². The van der Waals surface area contributed by atoms with Crippen molar-refractivity contribution in [2.75, 3.05) is 0 Å². The SMILES string of the molecule is [CH2-]P1[C@@H](C)[C@@H](O)[C@H](O)[C@@H]1C.[CH2-]P1[C@@H](C)[C@@H](O)[C@H](O)[C@@H]1C.[Fe+2]. The molecule has 0 amide bonds. The van der Waals surface area contributed by atoms with Gasteiger partial charge in [-0.3, -0.25) is 15.8 Å². The van der Waals surface area contributed by atoms with Gasteiger partial charge in [0.25, 0.3) is 0 Å². The Balaban J connectivity index is 0.000000364. The van der Waals surface area contributed by atoms with Crippen molar-refractivity contribution >= 4 is 15.8 Å². The molecule has 8 atom stereocenters. The van der Waals surface area contributed by atoms with Crippen LogP contribution in [0.15, 0.2) is 0 Å². The molecule has 4 N–H and O–H groups in total. The zero-order valence-corrected chi connectivity index (χ0v) is 16.0. The topological polar surface area (TPSA) is 80.9 Å². The van der Waals surface area contributed by atoms with Crippen molar-refractivity contribution in [2.45, 2.75) is 74.7 Å². The van der Waals surface area contributed by atoms with Gasteiger partial charge in [0.2, 0.25) is 0 Å². The third-order valence-corrected chi connectivity index (χ3v) is 10.2. The first kappa shape index (κ1) is 22.2. The quantitative estimate of drug-likeness (QED) is 0.293. The summed E-state index contributed by atoms with van der Waals surface area (Å²) in [5.74, 6) is 0. The normalized spacial score (nSPS) is 52.9. The van der Waals surface area contributed by atoms with Crippen LogP contribution >= 0.6 is 15.8 Å². The Kier molecular flexibility index (Phi) is 9.42. The van der Waals surface area contributed by atoms with Gasteiger partial charge in [0.15, 0.2) is 0 Å². The van der Waals surface area contributed by atoms with Gasteiger partial charge in [-0.05, 0) is 22.6 Å². The number of hydrogen-bond acceptors (Lipinski definition) is 4. The minimum Gasteiger partial charge on any atom is -0.390 e. The van der Waals surface area contributed by atoms with Crippen molar-refractivity contribution in [3.05, 3.63) is 13.3 Å². The summed E-state index contributed by atoms with van der Waals surface area (Å²) in [6.45, 7) is 15.7. The summed E-state index contributed by atoms with van der Waals surface area (Å²) in [7, 11) is -0.832. The van der Waals surface area contributed by atoms with Crippen molar-refractivity contribution in [2.24, 2.45) is 0 Å². The van der Waals surface area contributed by atoms with E-state index in [9.17, 15) is 20.4 Å². The monoisotopic (exact) mass is 378 g/mol. The molecule has 2 saturated heterocycles. The second kappa shape index (κ2) is 8.90. The molecule has 0 bridgehead atoms. The molecular weight excluding hydrogens is 350 g/mol. The number of aliphatic hydroxyl groups is 4. The molecule has 21 heavy (non-hydrogen) atoms. The number of rotatable bonds is 0.